The maximum Gasteiger partial charge on any atom is 0.267 e. The van der Waals surface area contributed by atoms with E-state index in [-0.39, 0.29) is 24.3 Å². The van der Waals surface area contributed by atoms with Crippen molar-refractivity contribution in [3.63, 3.8) is 0 Å². The van der Waals surface area contributed by atoms with Crippen LogP contribution in [0, 0.1) is 0 Å². The predicted octanol–water partition coefficient (Wildman–Crippen LogP) is 6.09. The van der Waals surface area contributed by atoms with Gasteiger partial charge in [0.25, 0.3) is 5.91 Å². The fourth-order valence-electron chi connectivity index (χ4n) is 3.24. The highest BCUT2D eigenvalue weighted by atomic mass is 32.1. The number of thiophene rings is 2. The van der Waals surface area contributed by atoms with Gasteiger partial charge in [-0.2, -0.15) is 0 Å². The highest BCUT2D eigenvalue weighted by Gasteiger charge is 2.19. The zero-order chi connectivity index (χ0) is 22.5. The minimum absolute atomic E-state index is 0.113. The largest absolute Gasteiger partial charge is 0.344 e. The second-order valence-electron chi connectivity index (χ2n) is 7.59. The molecule has 164 valence electrons. The van der Waals surface area contributed by atoms with Crippen molar-refractivity contribution in [3.05, 3.63) is 91.2 Å². The van der Waals surface area contributed by atoms with E-state index in [4.69, 9.17) is 0 Å². The van der Waals surface area contributed by atoms with Gasteiger partial charge in [0, 0.05) is 10.3 Å². The summed E-state index contributed by atoms with van der Waals surface area (Å²) in [7, 11) is 0. The molecule has 0 aliphatic rings. The Bertz CT molecular complexity index is 1160. The Balaban J connectivity index is 1.43. The SMILES string of the molecule is CC(C)c1ccc(C(NC(=O)Cc2csc(NC(=O)c3cccs3)n2)c2cccs2)cc1. The van der Waals surface area contributed by atoms with Crippen LogP contribution >= 0.6 is 34.0 Å². The lowest BCUT2D eigenvalue weighted by Gasteiger charge is -2.19. The summed E-state index contributed by atoms with van der Waals surface area (Å²) >= 11 is 4.31. The van der Waals surface area contributed by atoms with E-state index in [1.54, 1.807) is 22.8 Å². The minimum atomic E-state index is -0.208. The lowest BCUT2D eigenvalue weighted by Crippen LogP contribution is -2.30. The molecular weight excluding hydrogens is 458 g/mol. The molecule has 0 fully saturated rings. The number of hydrogen-bond acceptors (Lipinski definition) is 6. The van der Waals surface area contributed by atoms with Gasteiger partial charge in [-0.3, -0.25) is 14.9 Å². The fraction of sp³-hybridized carbons (Fsp3) is 0.208. The van der Waals surface area contributed by atoms with Crippen LogP contribution in [0.5, 0.6) is 0 Å². The minimum Gasteiger partial charge on any atom is -0.344 e. The van der Waals surface area contributed by atoms with Gasteiger partial charge in [-0.1, -0.05) is 50.2 Å². The molecule has 0 radical (unpaired) electrons. The third-order valence-corrected chi connectivity index (χ3v) is 7.54. The highest BCUT2D eigenvalue weighted by molar-refractivity contribution is 7.14. The summed E-state index contributed by atoms with van der Waals surface area (Å²) in [5.74, 6) is 0.156. The molecular formula is C24H23N3O2S3. The molecule has 0 spiro atoms. The van der Waals surface area contributed by atoms with Crippen molar-refractivity contribution in [2.24, 2.45) is 0 Å². The van der Waals surface area contributed by atoms with Gasteiger partial charge in [-0.25, -0.2) is 4.98 Å². The first-order valence-electron chi connectivity index (χ1n) is 10.2. The fourth-order valence-corrected chi connectivity index (χ4v) is 5.36. The number of amides is 2. The van der Waals surface area contributed by atoms with Gasteiger partial charge >= 0.3 is 0 Å². The molecule has 32 heavy (non-hydrogen) atoms. The van der Waals surface area contributed by atoms with Crippen LogP contribution in [-0.4, -0.2) is 16.8 Å². The topological polar surface area (TPSA) is 71.1 Å². The summed E-state index contributed by atoms with van der Waals surface area (Å²) < 4.78 is 0. The van der Waals surface area contributed by atoms with Gasteiger partial charge in [-0.15, -0.1) is 34.0 Å². The quantitative estimate of drug-likeness (QED) is 0.320. The Labute approximate surface area is 199 Å². The monoisotopic (exact) mass is 481 g/mol. The van der Waals surface area contributed by atoms with Gasteiger partial charge in [0.1, 0.15) is 0 Å². The molecule has 4 aromatic rings. The van der Waals surface area contributed by atoms with Crippen molar-refractivity contribution in [1.82, 2.24) is 10.3 Å². The molecule has 1 atom stereocenters. The molecule has 0 aliphatic heterocycles. The van der Waals surface area contributed by atoms with Crippen LogP contribution in [0.3, 0.4) is 0 Å². The first-order chi connectivity index (χ1) is 15.5. The average Bonchev–Trinajstić information content (AvgIpc) is 3.55. The number of benzene rings is 1. The third kappa shape index (κ3) is 5.51. The summed E-state index contributed by atoms with van der Waals surface area (Å²) in [4.78, 5) is 31.2. The van der Waals surface area contributed by atoms with Crippen LogP contribution in [0.25, 0.3) is 0 Å². The molecule has 8 heteroatoms. The van der Waals surface area contributed by atoms with Crippen molar-refractivity contribution in [1.29, 1.82) is 0 Å². The molecule has 0 bridgehead atoms. The van der Waals surface area contributed by atoms with Crippen LogP contribution < -0.4 is 10.6 Å². The maximum atomic E-state index is 12.9. The Morgan fingerprint density at radius 3 is 2.31 bits per heavy atom. The van der Waals surface area contributed by atoms with E-state index in [9.17, 15) is 9.59 Å². The molecule has 3 heterocycles. The molecule has 2 amide bonds. The number of hydrogen-bond donors (Lipinski definition) is 2. The standard InChI is InChI=1S/C24H23N3O2S3/c1-15(2)16-7-9-17(10-8-16)22(19-5-3-11-30-19)26-21(28)13-18-14-32-24(25-18)27-23(29)20-6-4-12-31-20/h3-12,14-15,22H,13H2,1-2H3,(H,26,28)(H,25,27,29). The van der Waals surface area contributed by atoms with Crippen molar-refractivity contribution < 1.29 is 9.59 Å². The number of nitrogens with zero attached hydrogens (tertiary/aromatic N) is 1. The van der Waals surface area contributed by atoms with E-state index in [2.05, 4.69) is 53.7 Å². The molecule has 0 saturated heterocycles. The van der Waals surface area contributed by atoms with E-state index in [0.29, 0.717) is 21.6 Å². The van der Waals surface area contributed by atoms with E-state index in [1.807, 2.05) is 29.0 Å². The van der Waals surface area contributed by atoms with Crippen molar-refractivity contribution >= 4 is 51.0 Å². The van der Waals surface area contributed by atoms with Gasteiger partial charge in [-0.05, 0) is 39.9 Å². The molecule has 1 unspecified atom stereocenters. The lowest BCUT2D eigenvalue weighted by atomic mass is 9.98. The Hall–Kier alpha value is -2.81. The second kappa shape index (κ2) is 10.2. The van der Waals surface area contributed by atoms with Crippen LogP contribution in [0.1, 0.15) is 57.2 Å². The Morgan fingerprint density at radius 2 is 1.66 bits per heavy atom. The van der Waals surface area contributed by atoms with E-state index >= 15 is 0 Å². The summed E-state index contributed by atoms with van der Waals surface area (Å²) in [6.45, 7) is 4.33. The number of anilines is 1. The van der Waals surface area contributed by atoms with Gasteiger partial charge < -0.3 is 5.32 Å². The molecule has 4 rings (SSSR count). The smallest absolute Gasteiger partial charge is 0.267 e. The number of aromatic nitrogens is 1. The van der Waals surface area contributed by atoms with Crippen LogP contribution in [-0.2, 0) is 11.2 Å². The first-order valence-corrected chi connectivity index (χ1v) is 12.9. The first kappa shape index (κ1) is 22.4. The third-order valence-electron chi connectivity index (χ3n) is 4.93. The van der Waals surface area contributed by atoms with E-state index in [0.717, 1.165) is 10.4 Å². The van der Waals surface area contributed by atoms with Crippen LogP contribution in [0.15, 0.2) is 64.7 Å². The van der Waals surface area contributed by atoms with E-state index < -0.39 is 0 Å². The van der Waals surface area contributed by atoms with Crippen molar-refractivity contribution in [3.8, 4) is 0 Å². The molecule has 5 nitrogen and oxygen atoms in total. The highest BCUT2D eigenvalue weighted by Crippen LogP contribution is 2.28. The number of carbonyl (C=O) groups excluding carboxylic acids is 2. The number of carbonyl (C=O) groups is 2. The maximum absolute atomic E-state index is 12.9. The second-order valence-corrected chi connectivity index (χ2v) is 10.4. The van der Waals surface area contributed by atoms with Crippen molar-refractivity contribution in [2.75, 3.05) is 5.32 Å². The summed E-state index contributed by atoms with van der Waals surface area (Å²) in [5, 5.41) is 12.1. The summed E-state index contributed by atoms with van der Waals surface area (Å²) in [5.41, 5.74) is 2.95. The van der Waals surface area contributed by atoms with Crippen LogP contribution in [0.4, 0.5) is 5.13 Å². The number of nitrogens with one attached hydrogen (secondary N) is 2. The summed E-state index contributed by atoms with van der Waals surface area (Å²) in [6.07, 6.45) is 0.150. The zero-order valence-electron chi connectivity index (χ0n) is 17.7. The molecule has 3 aromatic heterocycles. The normalized spacial score (nSPS) is 12.0. The average molecular weight is 482 g/mol. The van der Waals surface area contributed by atoms with E-state index in [1.165, 1.54) is 28.2 Å². The van der Waals surface area contributed by atoms with Gasteiger partial charge in [0.15, 0.2) is 5.13 Å². The predicted molar refractivity (Wildman–Crippen MR) is 133 cm³/mol. The molecule has 0 saturated carbocycles. The van der Waals surface area contributed by atoms with Crippen LogP contribution in [0.2, 0.25) is 0 Å². The van der Waals surface area contributed by atoms with Gasteiger partial charge in [0.05, 0.1) is 23.0 Å². The number of thiazole rings is 1. The summed E-state index contributed by atoms with van der Waals surface area (Å²) in [6, 6.07) is 15.8. The van der Waals surface area contributed by atoms with Crippen molar-refractivity contribution in [2.45, 2.75) is 32.2 Å². The molecule has 1 aromatic carbocycles. The molecule has 2 N–H and O–H groups in total. The Morgan fingerprint density at radius 1 is 0.938 bits per heavy atom. The number of rotatable bonds is 8. The Kier molecular flexibility index (Phi) is 7.14. The zero-order valence-corrected chi connectivity index (χ0v) is 20.2. The lowest BCUT2D eigenvalue weighted by molar-refractivity contribution is -0.121. The van der Waals surface area contributed by atoms with Gasteiger partial charge in [0.2, 0.25) is 5.91 Å². The molecule has 0 aliphatic carbocycles.